The van der Waals surface area contributed by atoms with Crippen molar-refractivity contribution in [2.75, 3.05) is 11.4 Å². The molecule has 4 nitrogen and oxygen atoms in total. The Morgan fingerprint density at radius 2 is 2.04 bits per heavy atom. The second-order valence-corrected chi connectivity index (χ2v) is 7.39. The number of fused-ring (bicyclic) bond motifs is 3. The van der Waals surface area contributed by atoms with E-state index in [0.717, 1.165) is 24.1 Å². The summed E-state index contributed by atoms with van der Waals surface area (Å²) in [7, 11) is 0. The highest BCUT2D eigenvalue weighted by Crippen LogP contribution is 2.38. The van der Waals surface area contributed by atoms with E-state index >= 15 is 0 Å². The molecule has 0 bridgehead atoms. The molecule has 1 amide bonds. The van der Waals surface area contributed by atoms with Crippen molar-refractivity contribution in [3.63, 3.8) is 0 Å². The SMILES string of the molecule is O=Cc1c(Cl)ccnc1N1CCc2c(sc3c2CCCC3)C1=O. The first kappa shape index (κ1) is 14.8. The summed E-state index contributed by atoms with van der Waals surface area (Å²) in [5.41, 5.74) is 2.91. The molecule has 0 aromatic carbocycles. The lowest BCUT2D eigenvalue weighted by Gasteiger charge is -2.27. The molecule has 0 fully saturated rings. The minimum Gasteiger partial charge on any atom is -0.298 e. The molecule has 0 spiro atoms. The largest absolute Gasteiger partial charge is 0.298 e. The third-order valence-electron chi connectivity index (χ3n) is 4.60. The summed E-state index contributed by atoms with van der Waals surface area (Å²) in [5, 5.41) is 0.328. The Labute approximate surface area is 143 Å². The number of hydrogen-bond acceptors (Lipinski definition) is 4. The van der Waals surface area contributed by atoms with Gasteiger partial charge in [0.25, 0.3) is 5.91 Å². The van der Waals surface area contributed by atoms with E-state index in [1.165, 1.54) is 35.0 Å². The minimum atomic E-state index is -0.0523. The van der Waals surface area contributed by atoms with E-state index in [1.807, 2.05) is 0 Å². The fraction of sp³-hybridized carbons (Fsp3) is 0.353. The van der Waals surface area contributed by atoms with Crippen LogP contribution in [0, 0.1) is 0 Å². The van der Waals surface area contributed by atoms with Crippen LogP contribution in [-0.2, 0) is 19.3 Å². The average Bonchev–Trinajstić information content (AvgIpc) is 2.95. The Kier molecular flexibility index (Phi) is 3.70. The molecule has 6 heteroatoms. The first-order valence-electron chi connectivity index (χ1n) is 7.75. The molecule has 2 aliphatic rings. The fourth-order valence-electron chi connectivity index (χ4n) is 3.48. The Hall–Kier alpha value is -1.72. The van der Waals surface area contributed by atoms with Crippen molar-refractivity contribution in [2.45, 2.75) is 32.1 Å². The summed E-state index contributed by atoms with van der Waals surface area (Å²) in [6, 6.07) is 1.57. The van der Waals surface area contributed by atoms with Crippen LogP contribution in [0.1, 0.15) is 48.9 Å². The van der Waals surface area contributed by atoms with Crippen LogP contribution in [0.15, 0.2) is 12.3 Å². The standard InChI is InChI=1S/C17H15ClN2O2S/c18-13-5-7-19-16(12(13)9-21)20-8-6-11-10-3-1-2-4-14(10)23-15(11)17(20)22/h5,7,9H,1-4,6,8H2. The predicted molar refractivity (Wildman–Crippen MR) is 91.0 cm³/mol. The van der Waals surface area contributed by atoms with Gasteiger partial charge in [0.2, 0.25) is 0 Å². The van der Waals surface area contributed by atoms with Crippen molar-refractivity contribution in [1.82, 2.24) is 4.98 Å². The van der Waals surface area contributed by atoms with Gasteiger partial charge in [-0.25, -0.2) is 4.98 Å². The van der Waals surface area contributed by atoms with Crippen molar-refractivity contribution in [1.29, 1.82) is 0 Å². The van der Waals surface area contributed by atoms with Gasteiger partial charge in [-0.05, 0) is 49.3 Å². The van der Waals surface area contributed by atoms with Crippen LogP contribution < -0.4 is 4.90 Å². The summed E-state index contributed by atoms with van der Waals surface area (Å²) in [6.07, 6.45) is 7.60. The van der Waals surface area contributed by atoms with Crippen molar-refractivity contribution in [3.8, 4) is 0 Å². The van der Waals surface area contributed by atoms with E-state index in [2.05, 4.69) is 4.98 Å². The lowest BCUT2D eigenvalue weighted by atomic mass is 9.92. The summed E-state index contributed by atoms with van der Waals surface area (Å²) in [6.45, 7) is 0.545. The quantitative estimate of drug-likeness (QED) is 0.779. The number of hydrogen-bond donors (Lipinski definition) is 0. The van der Waals surface area contributed by atoms with Gasteiger partial charge in [0.15, 0.2) is 6.29 Å². The smallest absolute Gasteiger partial charge is 0.269 e. The Balaban J connectivity index is 1.77. The number of nitrogens with zero attached hydrogens (tertiary/aromatic N) is 2. The molecule has 0 atom stereocenters. The number of halogens is 1. The molecular weight excluding hydrogens is 332 g/mol. The van der Waals surface area contributed by atoms with E-state index in [9.17, 15) is 9.59 Å². The molecule has 23 heavy (non-hydrogen) atoms. The molecule has 1 aliphatic heterocycles. The normalized spacial score (nSPS) is 16.9. The summed E-state index contributed by atoms with van der Waals surface area (Å²) in [4.78, 5) is 32.3. The highest BCUT2D eigenvalue weighted by Gasteiger charge is 2.33. The lowest BCUT2D eigenvalue weighted by molar-refractivity contribution is 0.0984. The topological polar surface area (TPSA) is 50.3 Å². The van der Waals surface area contributed by atoms with Crippen LogP contribution in [0.3, 0.4) is 0 Å². The number of thiophene rings is 1. The maximum Gasteiger partial charge on any atom is 0.269 e. The fourth-order valence-corrected chi connectivity index (χ4v) is 5.05. The van der Waals surface area contributed by atoms with Gasteiger partial charge in [0.1, 0.15) is 5.82 Å². The van der Waals surface area contributed by atoms with Crippen molar-refractivity contribution in [2.24, 2.45) is 0 Å². The molecule has 4 rings (SSSR count). The molecule has 0 saturated carbocycles. The number of aromatic nitrogens is 1. The van der Waals surface area contributed by atoms with Gasteiger partial charge in [-0.2, -0.15) is 0 Å². The molecule has 118 valence electrons. The van der Waals surface area contributed by atoms with Gasteiger partial charge in [0.05, 0.1) is 15.5 Å². The van der Waals surface area contributed by atoms with E-state index in [4.69, 9.17) is 11.6 Å². The third-order valence-corrected chi connectivity index (χ3v) is 6.25. The van der Waals surface area contributed by atoms with E-state index < -0.39 is 0 Å². The van der Waals surface area contributed by atoms with Crippen LogP contribution in [-0.4, -0.2) is 23.7 Å². The molecule has 2 aromatic heterocycles. The Morgan fingerprint density at radius 3 is 2.87 bits per heavy atom. The molecule has 3 heterocycles. The van der Waals surface area contributed by atoms with Crippen LogP contribution >= 0.6 is 22.9 Å². The van der Waals surface area contributed by atoms with Gasteiger partial charge in [-0.3, -0.25) is 14.5 Å². The maximum absolute atomic E-state index is 13.0. The van der Waals surface area contributed by atoms with Crippen LogP contribution in [0.4, 0.5) is 5.82 Å². The summed E-state index contributed by atoms with van der Waals surface area (Å²) >= 11 is 7.69. The molecule has 0 unspecified atom stereocenters. The maximum atomic E-state index is 13.0. The van der Waals surface area contributed by atoms with Crippen molar-refractivity contribution in [3.05, 3.63) is 43.7 Å². The number of carbonyl (C=O) groups is 2. The zero-order valence-electron chi connectivity index (χ0n) is 12.5. The van der Waals surface area contributed by atoms with Crippen LogP contribution in [0.5, 0.6) is 0 Å². The lowest BCUT2D eigenvalue weighted by Crippen LogP contribution is -2.38. The zero-order chi connectivity index (χ0) is 16.0. The Morgan fingerprint density at radius 1 is 1.22 bits per heavy atom. The van der Waals surface area contributed by atoms with Crippen molar-refractivity contribution >= 4 is 40.9 Å². The third kappa shape index (κ3) is 2.30. The number of aldehydes is 1. The Bertz CT molecular complexity index is 815. The van der Waals surface area contributed by atoms with Gasteiger partial charge < -0.3 is 0 Å². The number of anilines is 1. The molecular formula is C17H15ClN2O2S. The van der Waals surface area contributed by atoms with Gasteiger partial charge in [0, 0.05) is 17.6 Å². The molecule has 0 saturated heterocycles. The first-order valence-corrected chi connectivity index (χ1v) is 8.95. The number of amides is 1. The number of pyridine rings is 1. The zero-order valence-corrected chi connectivity index (χ0v) is 14.0. The van der Waals surface area contributed by atoms with E-state index in [-0.39, 0.29) is 11.5 Å². The van der Waals surface area contributed by atoms with Crippen LogP contribution in [0.25, 0.3) is 0 Å². The monoisotopic (exact) mass is 346 g/mol. The molecule has 2 aromatic rings. The molecule has 0 radical (unpaired) electrons. The molecule has 0 N–H and O–H groups in total. The van der Waals surface area contributed by atoms with Crippen LogP contribution in [0.2, 0.25) is 5.02 Å². The number of carbonyl (C=O) groups excluding carboxylic acids is 2. The average molecular weight is 347 g/mol. The van der Waals surface area contributed by atoms with Gasteiger partial charge >= 0.3 is 0 Å². The minimum absolute atomic E-state index is 0.0523. The first-order chi connectivity index (χ1) is 11.2. The summed E-state index contributed by atoms with van der Waals surface area (Å²) in [5.74, 6) is 0.318. The highest BCUT2D eigenvalue weighted by molar-refractivity contribution is 7.14. The number of aryl methyl sites for hydroxylation is 1. The number of rotatable bonds is 2. The van der Waals surface area contributed by atoms with Gasteiger partial charge in [-0.1, -0.05) is 11.6 Å². The second kappa shape index (κ2) is 5.73. The highest BCUT2D eigenvalue weighted by atomic mass is 35.5. The molecule has 1 aliphatic carbocycles. The van der Waals surface area contributed by atoms with Gasteiger partial charge in [-0.15, -0.1) is 11.3 Å². The second-order valence-electron chi connectivity index (χ2n) is 5.87. The predicted octanol–water partition coefficient (Wildman–Crippen LogP) is 3.69. The summed E-state index contributed by atoms with van der Waals surface area (Å²) < 4.78 is 0. The van der Waals surface area contributed by atoms with Crippen molar-refractivity contribution < 1.29 is 9.59 Å². The van der Waals surface area contributed by atoms with E-state index in [0.29, 0.717) is 23.7 Å². The van der Waals surface area contributed by atoms with E-state index in [1.54, 1.807) is 22.3 Å².